The van der Waals surface area contributed by atoms with Gasteiger partial charge in [0.15, 0.2) is 17.4 Å². The third kappa shape index (κ3) is 3.57. The number of rotatable bonds is 2. The van der Waals surface area contributed by atoms with Crippen LogP contribution in [0.1, 0.15) is 11.6 Å². The van der Waals surface area contributed by atoms with Crippen LogP contribution in [-0.4, -0.2) is 17.0 Å². The quantitative estimate of drug-likeness (QED) is 0.674. The first-order valence-electron chi connectivity index (χ1n) is 7.27. The number of nitrogens with one attached hydrogen (secondary N) is 3. The van der Waals surface area contributed by atoms with Gasteiger partial charge in [-0.25, -0.2) is 13.6 Å². The molecule has 6 nitrogen and oxygen atoms in total. The average Bonchev–Trinajstić information content (AvgIpc) is 2.68. The first-order valence-corrected chi connectivity index (χ1v) is 7.27. The number of carbonyl (C=O) groups excluding carboxylic acids is 2. The number of hydrogen-bond donors (Lipinski definition) is 4. The van der Waals surface area contributed by atoms with E-state index in [1.54, 1.807) is 24.3 Å². The molecule has 3 amide bonds. The van der Waals surface area contributed by atoms with E-state index in [9.17, 15) is 23.5 Å². The van der Waals surface area contributed by atoms with Crippen molar-refractivity contribution in [1.29, 1.82) is 0 Å². The molecule has 3 rings (SSSR count). The Labute approximate surface area is 141 Å². The van der Waals surface area contributed by atoms with Crippen molar-refractivity contribution in [3.05, 3.63) is 71.5 Å². The van der Waals surface area contributed by atoms with Crippen LogP contribution in [0.3, 0.4) is 0 Å². The van der Waals surface area contributed by atoms with Crippen molar-refractivity contribution in [3.63, 3.8) is 0 Å². The summed E-state index contributed by atoms with van der Waals surface area (Å²) in [6, 6.07) is 8.12. The summed E-state index contributed by atoms with van der Waals surface area (Å²) in [6.45, 7) is 0. The Morgan fingerprint density at radius 2 is 1.88 bits per heavy atom. The van der Waals surface area contributed by atoms with Crippen LogP contribution in [0, 0.1) is 11.6 Å². The fourth-order valence-corrected chi connectivity index (χ4v) is 2.39. The molecular weight excluding hydrogens is 332 g/mol. The van der Waals surface area contributed by atoms with Crippen molar-refractivity contribution in [2.24, 2.45) is 0 Å². The Kier molecular flexibility index (Phi) is 4.34. The van der Waals surface area contributed by atoms with E-state index in [1.807, 2.05) is 0 Å². The predicted octanol–water partition coefficient (Wildman–Crippen LogP) is 3.22. The van der Waals surface area contributed by atoms with Gasteiger partial charge in [-0.2, -0.15) is 0 Å². The first-order chi connectivity index (χ1) is 11.9. The monoisotopic (exact) mass is 345 g/mol. The van der Waals surface area contributed by atoms with E-state index in [4.69, 9.17) is 0 Å². The number of aliphatic hydroxyl groups excluding tert-OH is 1. The summed E-state index contributed by atoms with van der Waals surface area (Å²) in [7, 11) is 0. The molecule has 1 aliphatic heterocycles. The van der Waals surface area contributed by atoms with Gasteiger partial charge in [0.2, 0.25) is 0 Å². The summed E-state index contributed by atoms with van der Waals surface area (Å²) in [6.07, 6.45) is 1.19. The number of hydrogen-bond acceptors (Lipinski definition) is 3. The average molecular weight is 345 g/mol. The smallest absolute Gasteiger partial charge is 0.319 e. The lowest BCUT2D eigenvalue weighted by Gasteiger charge is -2.17. The molecule has 0 aromatic heterocycles. The molecule has 1 aliphatic rings. The maximum absolute atomic E-state index is 13.2. The van der Waals surface area contributed by atoms with Crippen LogP contribution in [0.5, 0.6) is 0 Å². The zero-order chi connectivity index (χ0) is 18.0. The molecule has 2 aromatic rings. The number of anilines is 2. The molecule has 0 bridgehead atoms. The zero-order valence-electron chi connectivity index (χ0n) is 12.7. The first kappa shape index (κ1) is 16.4. The summed E-state index contributed by atoms with van der Waals surface area (Å²) < 4.78 is 26.1. The maximum atomic E-state index is 13.2. The van der Waals surface area contributed by atoms with Crippen LogP contribution in [0.15, 0.2) is 54.3 Å². The third-order valence-corrected chi connectivity index (χ3v) is 3.57. The molecule has 1 heterocycles. The maximum Gasteiger partial charge on any atom is 0.319 e. The molecule has 0 saturated carbocycles. The number of para-hydroxylation sites is 1. The van der Waals surface area contributed by atoms with Crippen LogP contribution in [0.25, 0.3) is 0 Å². The number of halogens is 2. The lowest BCUT2D eigenvalue weighted by atomic mass is 10.1. The second-order valence-corrected chi connectivity index (χ2v) is 5.30. The Morgan fingerprint density at radius 1 is 1.12 bits per heavy atom. The lowest BCUT2D eigenvalue weighted by Crippen LogP contribution is -2.32. The van der Waals surface area contributed by atoms with Crippen molar-refractivity contribution in [1.82, 2.24) is 5.32 Å². The molecule has 1 atom stereocenters. The second kappa shape index (κ2) is 6.60. The molecule has 4 N–H and O–H groups in total. The molecular formula is C17H13F2N3O3. The summed E-state index contributed by atoms with van der Waals surface area (Å²) in [5.41, 5.74) is 1.05. The second-order valence-electron chi connectivity index (χ2n) is 5.30. The number of benzene rings is 2. The van der Waals surface area contributed by atoms with Crippen molar-refractivity contribution < 1.29 is 23.5 Å². The number of carbonyl (C=O) groups is 2. The van der Waals surface area contributed by atoms with E-state index in [1.165, 1.54) is 12.1 Å². The number of amides is 3. The fourth-order valence-electron chi connectivity index (χ4n) is 2.39. The lowest BCUT2D eigenvalue weighted by molar-refractivity contribution is -0.115. The van der Waals surface area contributed by atoms with E-state index in [0.29, 0.717) is 11.3 Å². The van der Waals surface area contributed by atoms with Crippen molar-refractivity contribution in [3.8, 4) is 0 Å². The predicted molar refractivity (Wildman–Crippen MR) is 87.0 cm³/mol. The minimum Gasteiger partial charge on any atom is -0.503 e. The highest BCUT2D eigenvalue weighted by Gasteiger charge is 2.23. The molecule has 8 heteroatoms. The molecule has 0 fully saturated rings. The third-order valence-electron chi connectivity index (χ3n) is 3.57. The normalized spacial score (nSPS) is 16.2. The highest BCUT2D eigenvalue weighted by molar-refractivity contribution is 6.03. The van der Waals surface area contributed by atoms with Gasteiger partial charge in [0, 0.05) is 23.0 Å². The number of urea groups is 1. The number of aliphatic hydroxyl groups is 1. The van der Waals surface area contributed by atoms with E-state index in [-0.39, 0.29) is 5.69 Å². The van der Waals surface area contributed by atoms with E-state index in [0.717, 1.165) is 12.1 Å². The van der Waals surface area contributed by atoms with E-state index >= 15 is 0 Å². The summed E-state index contributed by atoms with van der Waals surface area (Å²) in [5, 5.41) is 17.2. The van der Waals surface area contributed by atoms with Crippen LogP contribution in [0.2, 0.25) is 0 Å². The van der Waals surface area contributed by atoms with Gasteiger partial charge in [-0.1, -0.05) is 18.2 Å². The van der Waals surface area contributed by atoms with Crippen molar-refractivity contribution in [2.75, 3.05) is 10.6 Å². The van der Waals surface area contributed by atoms with Gasteiger partial charge in [-0.05, 0) is 24.3 Å². The van der Waals surface area contributed by atoms with Gasteiger partial charge in [-0.3, -0.25) is 4.79 Å². The minimum atomic E-state index is -1.09. The van der Waals surface area contributed by atoms with Gasteiger partial charge < -0.3 is 21.1 Å². The molecule has 25 heavy (non-hydrogen) atoms. The zero-order valence-corrected chi connectivity index (χ0v) is 12.7. The van der Waals surface area contributed by atoms with Gasteiger partial charge in [0.05, 0.1) is 6.04 Å². The summed E-state index contributed by atoms with van der Waals surface area (Å²) >= 11 is 0. The molecule has 0 saturated heterocycles. The van der Waals surface area contributed by atoms with Gasteiger partial charge in [0.1, 0.15) is 0 Å². The standard InChI is InChI=1S/C17H13F2N3O3/c18-11-6-5-9(7-12(11)19)20-17(25)22-14-8-15(23)16(24)21-13-4-2-1-3-10(13)14/h1-8,14,23H,(H,21,24)(H2,20,22,25). The van der Waals surface area contributed by atoms with Crippen LogP contribution in [0.4, 0.5) is 25.0 Å². The number of fused-ring (bicyclic) bond motifs is 1. The highest BCUT2D eigenvalue weighted by Crippen LogP contribution is 2.28. The SMILES string of the molecule is O=C(Nc1ccc(F)c(F)c1)NC1C=C(O)C(=O)Nc2ccccc21. The summed E-state index contributed by atoms with van der Waals surface area (Å²) in [4.78, 5) is 23.9. The molecule has 128 valence electrons. The van der Waals surface area contributed by atoms with E-state index < -0.39 is 35.4 Å². The van der Waals surface area contributed by atoms with Gasteiger partial charge in [0.25, 0.3) is 5.91 Å². The van der Waals surface area contributed by atoms with Crippen molar-refractivity contribution >= 4 is 23.3 Å². The molecule has 1 unspecified atom stereocenters. The largest absolute Gasteiger partial charge is 0.503 e. The molecule has 0 spiro atoms. The van der Waals surface area contributed by atoms with Crippen LogP contribution < -0.4 is 16.0 Å². The van der Waals surface area contributed by atoms with Crippen molar-refractivity contribution in [2.45, 2.75) is 6.04 Å². The van der Waals surface area contributed by atoms with Crippen LogP contribution in [-0.2, 0) is 4.79 Å². The molecule has 2 aromatic carbocycles. The fraction of sp³-hybridized carbons (Fsp3) is 0.0588. The Hall–Kier alpha value is -3.42. The summed E-state index contributed by atoms with van der Waals surface area (Å²) in [5.74, 6) is -3.36. The highest BCUT2D eigenvalue weighted by atomic mass is 19.2. The van der Waals surface area contributed by atoms with E-state index in [2.05, 4.69) is 16.0 Å². The van der Waals surface area contributed by atoms with Gasteiger partial charge >= 0.3 is 6.03 Å². The van der Waals surface area contributed by atoms with Gasteiger partial charge in [-0.15, -0.1) is 0 Å². The van der Waals surface area contributed by atoms with Crippen LogP contribution >= 0.6 is 0 Å². The topological polar surface area (TPSA) is 90.5 Å². The minimum absolute atomic E-state index is 0.0562. The Balaban J connectivity index is 1.81. The Morgan fingerprint density at radius 3 is 2.64 bits per heavy atom. The molecule has 0 radical (unpaired) electrons. The Bertz CT molecular complexity index is 883. The molecule has 0 aliphatic carbocycles.